The molecule has 0 spiro atoms. The van der Waals surface area contributed by atoms with Crippen molar-refractivity contribution in [3.05, 3.63) is 147 Å². The topological polar surface area (TPSA) is 139 Å². The molecule has 0 saturated carbocycles. The molecule has 0 radical (unpaired) electrons. The predicted molar refractivity (Wildman–Crippen MR) is 254 cm³/mol. The Bertz CT molecular complexity index is 2470. The van der Waals surface area contributed by atoms with E-state index in [4.69, 9.17) is 18.9 Å². The maximum Gasteiger partial charge on any atom is 0.400 e. The molecule has 2 unspecified atom stereocenters. The highest BCUT2D eigenvalue weighted by Crippen LogP contribution is 2.61. The Kier molecular flexibility index (Phi) is 15.1. The molecule has 2 atom stereocenters. The molecule has 5 aromatic carbocycles. The molecule has 0 saturated heterocycles. The first kappa shape index (κ1) is 49.3. The molecule has 0 aliphatic rings. The SMILES string of the molecule is COc1cccc(OC)c1C(=O)C(C(=O)c1c(OC)cccc1OC)([P+](=O)c1ccccc1)C(C)(C)CC(C)CP(=O)(C(=O)c1c(C)cc(C)cc1C)C(=O)c1c(C)cc(C)cc1C. The van der Waals surface area contributed by atoms with Crippen molar-refractivity contribution < 1.29 is 47.3 Å². The van der Waals surface area contributed by atoms with E-state index < -0.39 is 60.2 Å². The summed E-state index contributed by atoms with van der Waals surface area (Å²) in [6.45, 7) is 15.9. The number of ketones is 2. The molecular weight excluding hydrogens is 847 g/mol. The number of rotatable bonds is 19. The van der Waals surface area contributed by atoms with Crippen molar-refractivity contribution in [3.63, 3.8) is 0 Å². The van der Waals surface area contributed by atoms with Gasteiger partial charge in [0.05, 0.1) is 28.4 Å². The first-order valence-corrected chi connectivity index (χ1v) is 24.2. The summed E-state index contributed by atoms with van der Waals surface area (Å²) in [4.78, 5) is 62.5. The van der Waals surface area contributed by atoms with Gasteiger partial charge in [-0.3, -0.25) is 19.2 Å². The molecule has 12 heteroatoms. The number of hydrogen-bond donors (Lipinski definition) is 0. The number of Topliss-reactive ketones (excluding diaryl/α,β-unsaturated/α-hetero) is 2. The molecule has 0 N–H and O–H groups in total. The van der Waals surface area contributed by atoms with Crippen molar-refractivity contribution in [1.82, 2.24) is 0 Å². The molecule has 0 amide bonds. The Balaban J connectivity index is 1.84. The summed E-state index contributed by atoms with van der Waals surface area (Å²) >= 11 is 0. The number of benzene rings is 5. The molecule has 336 valence electrons. The molecule has 64 heavy (non-hydrogen) atoms. The van der Waals surface area contributed by atoms with E-state index in [9.17, 15) is 0 Å². The van der Waals surface area contributed by atoms with Gasteiger partial charge in [0, 0.05) is 22.7 Å². The van der Waals surface area contributed by atoms with Crippen molar-refractivity contribution in [2.24, 2.45) is 11.3 Å². The zero-order valence-electron chi connectivity index (χ0n) is 39.1. The van der Waals surface area contributed by atoms with Crippen molar-refractivity contribution in [1.29, 1.82) is 0 Å². The maximum absolute atomic E-state index is 16.2. The lowest BCUT2D eigenvalue weighted by Crippen LogP contribution is -2.56. The fraction of sp³-hybridized carbons (Fsp3) is 0.346. The van der Waals surface area contributed by atoms with E-state index in [1.54, 1.807) is 115 Å². The van der Waals surface area contributed by atoms with Crippen LogP contribution in [-0.4, -0.2) is 62.4 Å². The van der Waals surface area contributed by atoms with Gasteiger partial charge in [0.15, 0.2) is 5.30 Å². The highest BCUT2D eigenvalue weighted by Gasteiger charge is 2.72. The zero-order valence-corrected chi connectivity index (χ0v) is 40.9. The molecule has 5 rings (SSSR count). The van der Waals surface area contributed by atoms with Gasteiger partial charge in [-0.25, -0.2) is 0 Å². The van der Waals surface area contributed by atoms with Gasteiger partial charge < -0.3 is 23.5 Å². The van der Waals surface area contributed by atoms with Crippen LogP contribution in [0.4, 0.5) is 0 Å². The lowest BCUT2D eigenvalue weighted by Gasteiger charge is -2.39. The normalized spacial score (nSPS) is 12.5. The van der Waals surface area contributed by atoms with Crippen molar-refractivity contribution in [2.75, 3.05) is 34.6 Å². The standard InChI is InChI=1S/C52H59O10P2/c1-31-25-34(4)43(35(5)26-31)49(55)64(58,50(56)44-36(6)27-32(2)28-37(44)7)30-33(3)29-51(8,9)52(63(57)38-19-15-14-16-20-38,47(53)45-39(59-10)21-17-22-40(45)60-11)48(54)46-41(61-12)23-18-24-42(46)62-13/h14-28,33H,29-30H2,1-13H3/q+1. The molecule has 0 bridgehead atoms. The molecule has 0 aromatic heterocycles. The van der Waals surface area contributed by atoms with E-state index >= 15 is 28.3 Å². The van der Waals surface area contributed by atoms with Crippen LogP contribution in [0.3, 0.4) is 0 Å². The lowest BCUT2D eigenvalue weighted by atomic mass is 9.66. The molecule has 5 aromatic rings. The molecule has 0 fully saturated rings. The van der Waals surface area contributed by atoms with Crippen LogP contribution in [0.2, 0.25) is 0 Å². The quantitative estimate of drug-likeness (QED) is 0.0447. The van der Waals surface area contributed by atoms with Gasteiger partial charge in [-0.1, -0.05) is 91.1 Å². The lowest BCUT2D eigenvalue weighted by molar-refractivity contribution is 0.0683. The Morgan fingerprint density at radius 3 is 1.23 bits per heavy atom. The van der Waals surface area contributed by atoms with Gasteiger partial charge in [0.2, 0.25) is 29.8 Å². The summed E-state index contributed by atoms with van der Waals surface area (Å²) in [6, 6.07) is 25.0. The number of hydrogen-bond acceptors (Lipinski definition) is 10. The van der Waals surface area contributed by atoms with E-state index in [0.29, 0.717) is 22.3 Å². The Morgan fingerprint density at radius 1 is 0.562 bits per heavy atom. The summed E-state index contributed by atoms with van der Waals surface area (Å²) in [5.41, 5.74) is 1.20. The van der Waals surface area contributed by atoms with Gasteiger partial charge >= 0.3 is 7.80 Å². The monoisotopic (exact) mass is 905 g/mol. The van der Waals surface area contributed by atoms with Crippen LogP contribution in [-0.2, 0) is 9.13 Å². The Hall–Kier alpha value is -5.69. The summed E-state index contributed by atoms with van der Waals surface area (Å²) < 4.78 is 54.9. The third kappa shape index (κ3) is 8.88. The summed E-state index contributed by atoms with van der Waals surface area (Å²) in [5, 5.41) is -2.30. The minimum Gasteiger partial charge on any atom is -0.496 e. The number of methoxy groups -OCH3 is 4. The van der Waals surface area contributed by atoms with Crippen LogP contribution in [0, 0.1) is 52.9 Å². The largest absolute Gasteiger partial charge is 0.496 e. The second kappa shape index (κ2) is 19.6. The van der Waals surface area contributed by atoms with Crippen molar-refractivity contribution >= 4 is 42.9 Å². The summed E-state index contributed by atoms with van der Waals surface area (Å²) in [6.07, 6.45) is -0.542. The van der Waals surface area contributed by atoms with E-state index in [0.717, 1.165) is 11.1 Å². The smallest absolute Gasteiger partial charge is 0.400 e. The van der Waals surface area contributed by atoms with Crippen LogP contribution in [0.5, 0.6) is 23.0 Å². The molecular formula is C52H59O10P2+. The third-order valence-electron chi connectivity index (χ3n) is 12.1. The molecule has 0 aliphatic heterocycles. The average molecular weight is 906 g/mol. The number of carbonyl (C=O) groups excluding carboxylic acids is 4. The highest BCUT2D eigenvalue weighted by molar-refractivity contribution is 7.95. The van der Waals surface area contributed by atoms with Gasteiger partial charge in [-0.05, 0) is 113 Å². The van der Waals surface area contributed by atoms with Crippen LogP contribution in [0.15, 0.2) is 91.0 Å². The number of carbonyl (C=O) groups is 4. The van der Waals surface area contributed by atoms with Crippen LogP contribution in [0.1, 0.15) is 102 Å². The molecule has 0 heterocycles. The second-order valence-corrected chi connectivity index (χ2v) is 21.8. The van der Waals surface area contributed by atoms with E-state index in [1.165, 1.54) is 28.4 Å². The number of ether oxygens (including phenoxy) is 4. The van der Waals surface area contributed by atoms with Crippen LogP contribution >= 0.6 is 14.9 Å². The van der Waals surface area contributed by atoms with Gasteiger partial charge in [0.1, 0.15) is 34.1 Å². The fourth-order valence-electron chi connectivity index (χ4n) is 9.62. The molecule has 0 aliphatic carbocycles. The van der Waals surface area contributed by atoms with E-state index in [2.05, 4.69) is 0 Å². The van der Waals surface area contributed by atoms with Crippen LogP contribution < -0.4 is 24.3 Å². The fourth-order valence-corrected chi connectivity index (χ4v) is 14.6. The van der Waals surface area contributed by atoms with E-state index in [-0.39, 0.29) is 57.0 Å². The predicted octanol–water partition coefficient (Wildman–Crippen LogP) is 11.6. The number of aryl methyl sites for hydroxylation is 6. The second-order valence-electron chi connectivity index (χ2n) is 17.3. The average Bonchev–Trinajstić information content (AvgIpc) is 3.24. The Labute approximate surface area is 378 Å². The van der Waals surface area contributed by atoms with Gasteiger partial charge in [-0.15, -0.1) is 0 Å². The first-order valence-electron chi connectivity index (χ1n) is 21.0. The van der Waals surface area contributed by atoms with Crippen molar-refractivity contribution in [3.8, 4) is 23.0 Å². The Morgan fingerprint density at radius 2 is 0.906 bits per heavy atom. The summed E-state index contributed by atoms with van der Waals surface area (Å²) in [7, 11) is -2.13. The van der Waals surface area contributed by atoms with Gasteiger partial charge in [0.25, 0.3) is 5.16 Å². The highest BCUT2D eigenvalue weighted by atomic mass is 31.2. The minimum absolute atomic E-state index is 0.0715. The summed E-state index contributed by atoms with van der Waals surface area (Å²) in [5.74, 6) is -2.25. The van der Waals surface area contributed by atoms with Crippen LogP contribution in [0.25, 0.3) is 0 Å². The minimum atomic E-state index is -4.57. The van der Waals surface area contributed by atoms with Crippen molar-refractivity contribution in [2.45, 2.75) is 73.9 Å². The molecule has 10 nitrogen and oxygen atoms in total. The third-order valence-corrected chi connectivity index (χ3v) is 17.4. The zero-order chi connectivity index (χ0) is 47.5. The maximum atomic E-state index is 16.2. The first-order chi connectivity index (χ1) is 30.2. The van der Waals surface area contributed by atoms with Gasteiger partial charge in [-0.2, -0.15) is 0 Å². The van der Waals surface area contributed by atoms with E-state index in [1.807, 2.05) is 38.1 Å².